The Kier molecular flexibility index (Phi) is 6.92. The number of ether oxygens (including phenoxy) is 2. The van der Waals surface area contributed by atoms with Gasteiger partial charge in [-0.25, -0.2) is 0 Å². The lowest BCUT2D eigenvalue weighted by molar-refractivity contribution is -0.132. The Labute approximate surface area is 205 Å². The van der Waals surface area contributed by atoms with Crippen molar-refractivity contribution in [3.63, 3.8) is 0 Å². The van der Waals surface area contributed by atoms with Gasteiger partial charge in [0.15, 0.2) is 0 Å². The normalized spacial score (nSPS) is 17.0. The number of rotatable bonds is 7. The Bertz CT molecular complexity index is 1310. The molecule has 0 aliphatic carbocycles. The van der Waals surface area contributed by atoms with Gasteiger partial charge in [0.1, 0.15) is 17.3 Å². The van der Waals surface area contributed by atoms with E-state index in [1.807, 2.05) is 52.0 Å². The Hall–Kier alpha value is -4.06. The lowest BCUT2D eigenvalue weighted by Crippen LogP contribution is -2.29. The van der Waals surface area contributed by atoms with E-state index in [1.165, 1.54) is 4.90 Å². The molecule has 0 aromatic heterocycles. The van der Waals surface area contributed by atoms with Crippen LogP contribution in [0.25, 0.3) is 5.76 Å². The van der Waals surface area contributed by atoms with Crippen LogP contribution in [0, 0.1) is 13.8 Å². The number of benzene rings is 3. The van der Waals surface area contributed by atoms with Gasteiger partial charge in [-0.1, -0.05) is 35.9 Å². The summed E-state index contributed by atoms with van der Waals surface area (Å²) in [6.45, 7) is 8.59. The van der Waals surface area contributed by atoms with Crippen LogP contribution < -0.4 is 14.4 Å². The Balaban J connectivity index is 1.91. The van der Waals surface area contributed by atoms with Crippen LogP contribution in [-0.2, 0) is 9.59 Å². The second-order valence-corrected chi connectivity index (χ2v) is 8.43. The van der Waals surface area contributed by atoms with Gasteiger partial charge in [-0.15, -0.1) is 0 Å². The van der Waals surface area contributed by atoms with Crippen molar-refractivity contribution < 1.29 is 24.2 Å². The maximum Gasteiger partial charge on any atom is 0.300 e. The molecule has 0 spiro atoms. The first kappa shape index (κ1) is 24.1. The summed E-state index contributed by atoms with van der Waals surface area (Å²) in [4.78, 5) is 28.2. The van der Waals surface area contributed by atoms with Gasteiger partial charge in [0.25, 0.3) is 11.7 Å². The lowest BCUT2D eigenvalue weighted by Gasteiger charge is -2.26. The number of ketones is 1. The second-order valence-electron chi connectivity index (χ2n) is 8.43. The van der Waals surface area contributed by atoms with Crippen molar-refractivity contribution in [2.24, 2.45) is 0 Å². The number of hydrogen-bond donors (Lipinski definition) is 1. The number of anilines is 1. The predicted octanol–water partition coefficient (Wildman–Crippen LogP) is 5.73. The standard InChI is InChI=1S/C29H29NO5/c1-5-34-23-12-8-11-22(17-23)30-26(20-10-7-9-18(3)15-20)25(28(32)29(30)33)27(31)21-13-14-24(35-6-2)19(4)16-21/h7-17,26,31H,5-6H2,1-4H3/b27-25+. The zero-order chi connectivity index (χ0) is 25.1. The van der Waals surface area contributed by atoms with E-state index in [0.717, 1.165) is 16.7 Å². The van der Waals surface area contributed by atoms with Gasteiger partial charge < -0.3 is 14.6 Å². The molecule has 6 heteroatoms. The average molecular weight is 472 g/mol. The first-order chi connectivity index (χ1) is 16.8. The zero-order valence-electron chi connectivity index (χ0n) is 20.4. The van der Waals surface area contributed by atoms with E-state index in [0.29, 0.717) is 36.0 Å². The van der Waals surface area contributed by atoms with Gasteiger partial charge in [-0.05, 0) is 69.2 Å². The summed E-state index contributed by atoms with van der Waals surface area (Å²) in [5.41, 5.74) is 3.55. The van der Waals surface area contributed by atoms with Gasteiger partial charge >= 0.3 is 0 Å². The fraction of sp³-hybridized carbons (Fsp3) is 0.241. The van der Waals surface area contributed by atoms with Crippen LogP contribution in [0.5, 0.6) is 11.5 Å². The predicted molar refractivity (Wildman–Crippen MR) is 136 cm³/mol. The molecule has 35 heavy (non-hydrogen) atoms. The van der Waals surface area contributed by atoms with E-state index in [2.05, 4.69) is 0 Å². The molecule has 6 nitrogen and oxygen atoms in total. The highest BCUT2D eigenvalue weighted by Crippen LogP contribution is 2.43. The fourth-order valence-electron chi connectivity index (χ4n) is 4.41. The molecule has 1 atom stereocenters. The quantitative estimate of drug-likeness (QED) is 0.271. The number of amides is 1. The number of carbonyl (C=O) groups excluding carboxylic acids is 2. The maximum absolute atomic E-state index is 13.4. The number of aliphatic hydroxyl groups is 1. The van der Waals surface area contributed by atoms with Crippen molar-refractivity contribution in [2.75, 3.05) is 18.1 Å². The van der Waals surface area contributed by atoms with Crippen molar-refractivity contribution >= 4 is 23.1 Å². The molecule has 1 unspecified atom stereocenters. The molecule has 1 N–H and O–H groups in total. The molecule has 1 heterocycles. The van der Waals surface area contributed by atoms with Crippen molar-refractivity contribution in [3.8, 4) is 11.5 Å². The molecule has 1 saturated heterocycles. The zero-order valence-corrected chi connectivity index (χ0v) is 20.4. The molecule has 1 aliphatic heterocycles. The molecule has 1 amide bonds. The van der Waals surface area contributed by atoms with Crippen LogP contribution in [0.3, 0.4) is 0 Å². The molecule has 180 valence electrons. The van der Waals surface area contributed by atoms with E-state index < -0.39 is 17.7 Å². The fourth-order valence-corrected chi connectivity index (χ4v) is 4.41. The average Bonchev–Trinajstić information content (AvgIpc) is 3.11. The molecule has 0 bridgehead atoms. The third kappa shape index (κ3) is 4.64. The highest BCUT2D eigenvalue weighted by atomic mass is 16.5. The summed E-state index contributed by atoms with van der Waals surface area (Å²) < 4.78 is 11.2. The smallest absolute Gasteiger partial charge is 0.300 e. The first-order valence-electron chi connectivity index (χ1n) is 11.7. The van der Waals surface area contributed by atoms with Crippen LogP contribution in [0.15, 0.2) is 72.3 Å². The van der Waals surface area contributed by atoms with Crippen molar-refractivity contribution in [2.45, 2.75) is 33.7 Å². The summed E-state index contributed by atoms with van der Waals surface area (Å²) in [5, 5.41) is 11.4. The van der Waals surface area contributed by atoms with Gasteiger partial charge in [0, 0.05) is 17.3 Å². The van der Waals surface area contributed by atoms with Crippen LogP contribution in [0.4, 0.5) is 5.69 Å². The highest BCUT2D eigenvalue weighted by Gasteiger charge is 2.47. The van der Waals surface area contributed by atoms with Crippen LogP contribution in [0.2, 0.25) is 0 Å². The van der Waals surface area contributed by atoms with Crippen molar-refractivity contribution in [3.05, 3.63) is 94.6 Å². The summed E-state index contributed by atoms with van der Waals surface area (Å²) >= 11 is 0. The summed E-state index contributed by atoms with van der Waals surface area (Å²) in [6.07, 6.45) is 0. The molecule has 3 aromatic rings. The first-order valence-corrected chi connectivity index (χ1v) is 11.7. The van der Waals surface area contributed by atoms with Crippen molar-refractivity contribution in [1.82, 2.24) is 0 Å². The summed E-state index contributed by atoms with van der Waals surface area (Å²) in [6, 6.07) is 19.1. The number of Topliss-reactive ketones (excluding diaryl/α,β-unsaturated/α-hetero) is 1. The molecule has 3 aromatic carbocycles. The van der Waals surface area contributed by atoms with Crippen molar-refractivity contribution in [1.29, 1.82) is 0 Å². The third-order valence-corrected chi connectivity index (χ3v) is 5.96. The highest BCUT2D eigenvalue weighted by molar-refractivity contribution is 6.51. The number of aryl methyl sites for hydroxylation is 2. The van der Waals surface area contributed by atoms with E-state index >= 15 is 0 Å². The van der Waals surface area contributed by atoms with Crippen LogP contribution >= 0.6 is 0 Å². The topological polar surface area (TPSA) is 76.1 Å². The molecule has 0 radical (unpaired) electrons. The maximum atomic E-state index is 13.4. The van der Waals surface area contributed by atoms with E-state index in [9.17, 15) is 14.7 Å². The van der Waals surface area contributed by atoms with Crippen LogP contribution in [-0.4, -0.2) is 30.0 Å². The number of hydrogen-bond acceptors (Lipinski definition) is 5. The molecule has 1 fully saturated rings. The SMILES string of the molecule is CCOc1cccc(N2C(=O)C(=O)/C(=C(/O)c3ccc(OCC)c(C)c3)C2c2cccc(C)c2)c1. The minimum absolute atomic E-state index is 0.0472. The molecule has 0 saturated carbocycles. The largest absolute Gasteiger partial charge is 0.507 e. The lowest BCUT2D eigenvalue weighted by atomic mass is 9.94. The summed E-state index contributed by atoms with van der Waals surface area (Å²) in [7, 11) is 0. The van der Waals surface area contributed by atoms with Crippen LogP contribution in [0.1, 0.15) is 42.1 Å². The minimum atomic E-state index is -0.793. The van der Waals surface area contributed by atoms with E-state index in [4.69, 9.17) is 9.47 Å². The Morgan fingerprint density at radius 1 is 0.914 bits per heavy atom. The summed E-state index contributed by atoms with van der Waals surface area (Å²) in [5.74, 6) is -0.356. The molecular weight excluding hydrogens is 442 g/mol. The number of nitrogens with zero attached hydrogens (tertiary/aromatic N) is 1. The van der Waals surface area contributed by atoms with E-state index in [-0.39, 0.29) is 11.3 Å². The van der Waals surface area contributed by atoms with Gasteiger partial charge in [0.05, 0.1) is 24.8 Å². The molecule has 1 aliphatic rings. The Morgan fingerprint density at radius 2 is 1.66 bits per heavy atom. The van der Waals surface area contributed by atoms with E-state index in [1.54, 1.807) is 42.5 Å². The Morgan fingerprint density at radius 3 is 2.34 bits per heavy atom. The van der Waals surface area contributed by atoms with Gasteiger partial charge in [-0.2, -0.15) is 0 Å². The number of carbonyl (C=O) groups is 2. The third-order valence-electron chi connectivity index (χ3n) is 5.96. The number of aliphatic hydroxyl groups excluding tert-OH is 1. The monoisotopic (exact) mass is 471 g/mol. The minimum Gasteiger partial charge on any atom is -0.507 e. The molecular formula is C29H29NO5. The second kappa shape index (κ2) is 10.1. The van der Waals surface area contributed by atoms with Gasteiger partial charge in [-0.3, -0.25) is 14.5 Å². The van der Waals surface area contributed by atoms with Gasteiger partial charge in [0.2, 0.25) is 0 Å². The molecule has 4 rings (SSSR count).